The Bertz CT molecular complexity index is 558. The molecule has 1 atom stereocenters. The van der Waals surface area contributed by atoms with Crippen LogP contribution in [0.4, 0.5) is 0 Å². The predicted molar refractivity (Wildman–Crippen MR) is 81.4 cm³/mol. The van der Waals surface area contributed by atoms with Gasteiger partial charge in [-0.25, -0.2) is 0 Å². The molecular weight excluding hydrogens is 248 g/mol. The number of hydrogen-bond donors (Lipinski definition) is 1. The summed E-state index contributed by atoms with van der Waals surface area (Å²) in [5.74, 6) is -1.12. The number of carboxylic acids is 1. The molecule has 0 aliphatic carbocycles. The fraction of sp³-hybridized carbons (Fsp3) is 0.167. The Balaban J connectivity index is 1.96. The summed E-state index contributed by atoms with van der Waals surface area (Å²) in [6.45, 7) is 0. The van der Waals surface area contributed by atoms with Crippen LogP contribution in [0.2, 0.25) is 0 Å². The second-order valence-electron chi connectivity index (χ2n) is 4.77. The average Bonchev–Trinajstić information content (AvgIpc) is 2.48. The van der Waals surface area contributed by atoms with Gasteiger partial charge >= 0.3 is 5.97 Å². The lowest BCUT2D eigenvalue weighted by molar-refractivity contribution is -0.141. The summed E-state index contributed by atoms with van der Waals surface area (Å²) >= 11 is 0. The lowest BCUT2D eigenvalue weighted by Gasteiger charge is -2.09. The zero-order valence-electron chi connectivity index (χ0n) is 11.3. The normalized spacial score (nSPS) is 12.4. The molecule has 1 N–H and O–H groups in total. The van der Waals surface area contributed by atoms with Gasteiger partial charge in [0.2, 0.25) is 0 Å². The van der Waals surface area contributed by atoms with Crippen LogP contribution >= 0.6 is 0 Å². The molecule has 0 saturated heterocycles. The smallest absolute Gasteiger partial charge is 0.307 e. The molecule has 0 aliphatic heterocycles. The maximum atomic E-state index is 11.3. The van der Waals surface area contributed by atoms with Crippen molar-refractivity contribution >= 4 is 12.0 Å². The summed E-state index contributed by atoms with van der Waals surface area (Å²) in [4.78, 5) is 11.3. The van der Waals surface area contributed by atoms with E-state index in [-0.39, 0.29) is 5.92 Å². The Morgan fingerprint density at radius 3 is 2.20 bits per heavy atom. The highest BCUT2D eigenvalue weighted by molar-refractivity contribution is 5.71. The van der Waals surface area contributed by atoms with Gasteiger partial charge in [0, 0.05) is 0 Å². The van der Waals surface area contributed by atoms with Crippen molar-refractivity contribution in [1.29, 1.82) is 0 Å². The van der Waals surface area contributed by atoms with Gasteiger partial charge in [-0.2, -0.15) is 0 Å². The van der Waals surface area contributed by atoms with Crippen LogP contribution in [0.25, 0.3) is 6.08 Å². The molecule has 20 heavy (non-hydrogen) atoms. The van der Waals surface area contributed by atoms with Gasteiger partial charge in [-0.15, -0.1) is 0 Å². The third-order valence-electron chi connectivity index (χ3n) is 3.20. The van der Waals surface area contributed by atoms with E-state index in [1.807, 2.05) is 72.8 Å². The molecule has 0 aliphatic rings. The number of aliphatic carboxylic acids is 1. The molecule has 0 heterocycles. The largest absolute Gasteiger partial charge is 0.481 e. The van der Waals surface area contributed by atoms with E-state index in [4.69, 9.17) is 0 Å². The van der Waals surface area contributed by atoms with Gasteiger partial charge in [-0.3, -0.25) is 4.79 Å². The fourth-order valence-corrected chi connectivity index (χ4v) is 2.10. The molecule has 0 aromatic heterocycles. The Labute approximate surface area is 119 Å². The van der Waals surface area contributed by atoms with Gasteiger partial charge in [-0.1, -0.05) is 72.8 Å². The number of hydrogen-bond acceptors (Lipinski definition) is 1. The lowest BCUT2D eigenvalue weighted by atomic mass is 9.96. The highest BCUT2D eigenvalue weighted by Crippen LogP contribution is 2.14. The maximum absolute atomic E-state index is 11.3. The Kier molecular flexibility index (Phi) is 5.13. The van der Waals surface area contributed by atoms with Crippen molar-refractivity contribution in [2.24, 2.45) is 5.92 Å². The minimum absolute atomic E-state index is 0.377. The van der Waals surface area contributed by atoms with Crippen LogP contribution in [-0.2, 0) is 11.2 Å². The summed E-state index contributed by atoms with van der Waals surface area (Å²) in [5, 5.41) is 9.30. The highest BCUT2D eigenvalue weighted by atomic mass is 16.4. The van der Waals surface area contributed by atoms with Crippen LogP contribution in [0.5, 0.6) is 0 Å². The SMILES string of the molecule is O=C(O)C(CC=Cc1ccccc1)Cc1ccccc1. The zero-order chi connectivity index (χ0) is 14.2. The van der Waals surface area contributed by atoms with E-state index in [9.17, 15) is 9.90 Å². The molecule has 102 valence electrons. The highest BCUT2D eigenvalue weighted by Gasteiger charge is 2.16. The first kappa shape index (κ1) is 14.1. The van der Waals surface area contributed by atoms with Gasteiger partial charge in [0.05, 0.1) is 5.92 Å². The van der Waals surface area contributed by atoms with Crippen molar-refractivity contribution in [2.45, 2.75) is 12.8 Å². The molecule has 0 fully saturated rings. The van der Waals surface area contributed by atoms with Crippen molar-refractivity contribution in [2.75, 3.05) is 0 Å². The Hall–Kier alpha value is -2.35. The quantitative estimate of drug-likeness (QED) is 0.857. The minimum Gasteiger partial charge on any atom is -0.481 e. The first-order valence-corrected chi connectivity index (χ1v) is 6.74. The standard InChI is InChI=1S/C18H18O2/c19-18(20)17(14-16-10-5-2-6-11-16)13-7-12-15-8-3-1-4-9-15/h1-12,17H,13-14H2,(H,19,20). The number of rotatable bonds is 6. The molecule has 2 rings (SSSR count). The van der Waals surface area contributed by atoms with Crippen LogP contribution < -0.4 is 0 Å². The van der Waals surface area contributed by atoms with Crippen LogP contribution in [-0.4, -0.2) is 11.1 Å². The fourth-order valence-electron chi connectivity index (χ4n) is 2.10. The average molecular weight is 266 g/mol. The third kappa shape index (κ3) is 4.39. The molecule has 0 amide bonds. The summed E-state index contributed by atoms with van der Waals surface area (Å²) in [6, 6.07) is 19.7. The van der Waals surface area contributed by atoms with Crippen LogP contribution in [0.3, 0.4) is 0 Å². The second-order valence-corrected chi connectivity index (χ2v) is 4.77. The van der Waals surface area contributed by atoms with Gasteiger partial charge in [0.15, 0.2) is 0 Å². The van der Waals surface area contributed by atoms with Crippen LogP contribution in [0.1, 0.15) is 17.5 Å². The topological polar surface area (TPSA) is 37.3 Å². The Morgan fingerprint density at radius 2 is 1.60 bits per heavy atom. The van der Waals surface area contributed by atoms with Crippen LogP contribution in [0.15, 0.2) is 66.7 Å². The Morgan fingerprint density at radius 1 is 1.00 bits per heavy atom. The van der Waals surface area contributed by atoms with E-state index in [2.05, 4.69) is 0 Å². The first-order chi connectivity index (χ1) is 9.75. The second kappa shape index (κ2) is 7.29. The molecule has 2 aromatic rings. The van der Waals surface area contributed by atoms with Crippen molar-refractivity contribution in [3.05, 3.63) is 77.9 Å². The van der Waals surface area contributed by atoms with Gasteiger partial charge in [-0.05, 0) is 24.0 Å². The number of benzene rings is 2. The van der Waals surface area contributed by atoms with Crippen molar-refractivity contribution in [1.82, 2.24) is 0 Å². The van der Waals surface area contributed by atoms with E-state index < -0.39 is 5.97 Å². The summed E-state index contributed by atoms with van der Waals surface area (Å²) < 4.78 is 0. The number of allylic oxidation sites excluding steroid dienone is 1. The number of carboxylic acid groups (broad SMARTS) is 1. The molecular formula is C18H18O2. The zero-order valence-corrected chi connectivity index (χ0v) is 11.3. The molecule has 0 spiro atoms. The molecule has 2 aromatic carbocycles. The molecule has 0 radical (unpaired) electrons. The van der Waals surface area contributed by atoms with E-state index >= 15 is 0 Å². The van der Waals surface area contributed by atoms with Crippen LogP contribution in [0, 0.1) is 5.92 Å². The summed E-state index contributed by atoms with van der Waals surface area (Å²) in [5.41, 5.74) is 2.16. The van der Waals surface area contributed by atoms with Crippen molar-refractivity contribution in [3.63, 3.8) is 0 Å². The maximum Gasteiger partial charge on any atom is 0.307 e. The van der Waals surface area contributed by atoms with E-state index in [1.54, 1.807) is 0 Å². The molecule has 1 unspecified atom stereocenters. The molecule has 0 saturated carbocycles. The van der Waals surface area contributed by atoms with Gasteiger partial charge in [0.1, 0.15) is 0 Å². The van der Waals surface area contributed by atoms with Crippen molar-refractivity contribution < 1.29 is 9.90 Å². The lowest BCUT2D eigenvalue weighted by Crippen LogP contribution is -2.15. The van der Waals surface area contributed by atoms with Crippen molar-refractivity contribution in [3.8, 4) is 0 Å². The number of carbonyl (C=O) groups is 1. The van der Waals surface area contributed by atoms with Gasteiger partial charge < -0.3 is 5.11 Å². The van der Waals surface area contributed by atoms with E-state index in [0.29, 0.717) is 12.8 Å². The third-order valence-corrected chi connectivity index (χ3v) is 3.20. The molecule has 2 heteroatoms. The van der Waals surface area contributed by atoms with E-state index in [1.165, 1.54) is 0 Å². The summed E-state index contributed by atoms with van der Waals surface area (Å²) in [7, 11) is 0. The minimum atomic E-state index is -0.744. The van der Waals surface area contributed by atoms with Gasteiger partial charge in [0.25, 0.3) is 0 Å². The predicted octanol–water partition coefficient (Wildman–Crippen LogP) is 4.03. The monoisotopic (exact) mass is 266 g/mol. The summed E-state index contributed by atoms with van der Waals surface area (Å²) in [6.07, 6.45) is 5.02. The molecule has 2 nitrogen and oxygen atoms in total. The molecule has 0 bridgehead atoms. The first-order valence-electron chi connectivity index (χ1n) is 6.74. The van der Waals surface area contributed by atoms with E-state index in [0.717, 1.165) is 11.1 Å².